The highest BCUT2D eigenvalue weighted by molar-refractivity contribution is 6.30. The van der Waals surface area contributed by atoms with E-state index in [1.807, 2.05) is 6.07 Å². The number of carbonyl (C=O) groups excluding carboxylic acids is 2. The SMILES string of the molecule is CC(=O)C1=C(c2ccc(Cl)cc2)NC(=O)N[C@H]1c1ccc(C#N)cc1. The molecule has 0 saturated heterocycles. The number of ketones is 1. The molecule has 0 aliphatic carbocycles. The van der Waals surface area contributed by atoms with Crippen molar-refractivity contribution in [3.63, 3.8) is 0 Å². The number of nitrogens with zero attached hydrogens (tertiary/aromatic N) is 1. The summed E-state index contributed by atoms with van der Waals surface area (Å²) in [5.74, 6) is -0.160. The van der Waals surface area contributed by atoms with Gasteiger partial charge in [0.25, 0.3) is 0 Å². The molecule has 1 aliphatic rings. The van der Waals surface area contributed by atoms with Gasteiger partial charge >= 0.3 is 6.03 Å². The average Bonchev–Trinajstić information content (AvgIpc) is 2.61. The first-order valence-corrected chi connectivity index (χ1v) is 7.96. The van der Waals surface area contributed by atoms with Gasteiger partial charge in [-0.25, -0.2) is 4.79 Å². The molecule has 1 heterocycles. The van der Waals surface area contributed by atoms with Crippen molar-refractivity contribution in [1.82, 2.24) is 10.6 Å². The molecule has 2 amide bonds. The molecule has 0 fully saturated rings. The summed E-state index contributed by atoms with van der Waals surface area (Å²) in [7, 11) is 0. The first kappa shape index (κ1) is 16.7. The number of carbonyl (C=O) groups is 2. The highest BCUT2D eigenvalue weighted by Gasteiger charge is 2.31. The van der Waals surface area contributed by atoms with Gasteiger partial charge in [0.1, 0.15) is 0 Å². The fourth-order valence-corrected chi connectivity index (χ4v) is 2.91. The predicted molar refractivity (Wildman–Crippen MR) is 94.6 cm³/mol. The zero-order chi connectivity index (χ0) is 18.0. The van der Waals surface area contributed by atoms with Crippen molar-refractivity contribution in [3.05, 3.63) is 75.8 Å². The number of hydrogen-bond acceptors (Lipinski definition) is 3. The van der Waals surface area contributed by atoms with Crippen LogP contribution in [0.5, 0.6) is 0 Å². The Morgan fingerprint density at radius 2 is 1.76 bits per heavy atom. The van der Waals surface area contributed by atoms with Gasteiger partial charge in [-0.3, -0.25) is 4.79 Å². The largest absolute Gasteiger partial charge is 0.327 e. The lowest BCUT2D eigenvalue weighted by Gasteiger charge is -2.29. The molecule has 0 bridgehead atoms. The number of amides is 2. The number of hydrogen-bond donors (Lipinski definition) is 2. The molecule has 0 spiro atoms. The monoisotopic (exact) mass is 351 g/mol. The molecular formula is C19H14ClN3O2. The summed E-state index contributed by atoms with van der Waals surface area (Å²) in [6.45, 7) is 1.46. The minimum atomic E-state index is -0.593. The van der Waals surface area contributed by atoms with Crippen LogP contribution in [0.2, 0.25) is 5.02 Å². The smallest absolute Gasteiger partial charge is 0.320 e. The van der Waals surface area contributed by atoms with Gasteiger partial charge in [-0.2, -0.15) is 5.26 Å². The van der Waals surface area contributed by atoms with Crippen LogP contribution in [0.4, 0.5) is 4.79 Å². The lowest BCUT2D eigenvalue weighted by Crippen LogP contribution is -2.44. The summed E-state index contributed by atoms with van der Waals surface area (Å²) < 4.78 is 0. The molecule has 1 aliphatic heterocycles. The van der Waals surface area contributed by atoms with E-state index in [1.54, 1.807) is 48.5 Å². The van der Waals surface area contributed by atoms with Crippen LogP contribution in [-0.2, 0) is 4.79 Å². The van der Waals surface area contributed by atoms with Crippen LogP contribution in [0.15, 0.2) is 54.1 Å². The summed E-state index contributed by atoms with van der Waals surface area (Å²) in [5, 5.41) is 15.0. The van der Waals surface area contributed by atoms with Gasteiger partial charge in [-0.15, -0.1) is 0 Å². The number of Topliss-reactive ketones (excluding diaryl/α,β-unsaturated/α-hetero) is 1. The predicted octanol–water partition coefficient (Wildman–Crippen LogP) is 3.57. The van der Waals surface area contributed by atoms with E-state index >= 15 is 0 Å². The molecule has 25 heavy (non-hydrogen) atoms. The van der Waals surface area contributed by atoms with Crippen LogP contribution in [0, 0.1) is 11.3 Å². The Hall–Kier alpha value is -3.10. The van der Waals surface area contributed by atoms with Crippen molar-refractivity contribution in [3.8, 4) is 6.07 Å². The summed E-state index contributed by atoms with van der Waals surface area (Å²) in [4.78, 5) is 24.5. The number of nitriles is 1. The highest BCUT2D eigenvalue weighted by Crippen LogP contribution is 2.32. The first-order chi connectivity index (χ1) is 12.0. The third-order valence-corrected chi connectivity index (χ3v) is 4.21. The molecule has 2 aromatic carbocycles. The number of rotatable bonds is 3. The maximum atomic E-state index is 12.3. The molecule has 124 valence electrons. The van der Waals surface area contributed by atoms with Crippen molar-refractivity contribution in [2.24, 2.45) is 0 Å². The summed E-state index contributed by atoms with van der Waals surface area (Å²) in [6, 6.07) is 14.7. The van der Waals surface area contributed by atoms with E-state index in [1.165, 1.54) is 6.92 Å². The minimum absolute atomic E-state index is 0.160. The van der Waals surface area contributed by atoms with E-state index in [2.05, 4.69) is 10.6 Å². The molecular weight excluding hydrogens is 338 g/mol. The number of benzene rings is 2. The standard InChI is InChI=1S/C19H14ClN3O2/c1-11(24)16-17(13-4-2-12(10-21)3-5-13)22-19(25)23-18(16)14-6-8-15(20)9-7-14/h2-9,17H,1H3,(H2,22,23,25)/t17-/m0/s1. The van der Waals surface area contributed by atoms with Crippen molar-refractivity contribution in [2.45, 2.75) is 13.0 Å². The Morgan fingerprint density at radius 3 is 2.32 bits per heavy atom. The van der Waals surface area contributed by atoms with E-state index in [9.17, 15) is 9.59 Å². The Kier molecular flexibility index (Phi) is 4.55. The van der Waals surface area contributed by atoms with Crippen LogP contribution in [0.3, 0.4) is 0 Å². The quantitative estimate of drug-likeness (QED) is 0.886. The number of halogens is 1. The van der Waals surface area contributed by atoms with Crippen LogP contribution >= 0.6 is 11.6 Å². The van der Waals surface area contributed by atoms with Gasteiger partial charge in [0.15, 0.2) is 5.78 Å². The van der Waals surface area contributed by atoms with Crippen LogP contribution < -0.4 is 10.6 Å². The lowest BCUT2D eigenvalue weighted by molar-refractivity contribution is -0.113. The van der Waals surface area contributed by atoms with E-state index in [-0.39, 0.29) is 5.78 Å². The fourth-order valence-electron chi connectivity index (χ4n) is 2.79. The first-order valence-electron chi connectivity index (χ1n) is 7.58. The lowest BCUT2D eigenvalue weighted by atomic mass is 9.90. The maximum Gasteiger partial charge on any atom is 0.320 e. The normalized spacial score (nSPS) is 16.7. The van der Waals surface area contributed by atoms with Gasteiger partial charge < -0.3 is 10.6 Å². The van der Waals surface area contributed by atoms with Crippen LogP contribution in [-0.4, -0.2) is 11.8 Å². The summed E-state index contributed by atoms with van der Waals surface area (Å²) in [6.07, 6.45) is 0. The van der Waals surface area contributed by atoms with E-state index < -0.39 is 12.1 Å². The topological polar surface area (TPSA) is 82.0 Å². The van der Waals surface area contributed by atoms with Gasteiger partial charge in [0.05, 0.1) is 23.4 Å². The summed E-state index contributed by atoms with van der Waals surface area (Å²) >= 11 is 5.92. The van der Waals surface area contributed by atoms with Crippen molar-refractivity contribution in [2.75, 3.05) is 0 Å². The average molecular weight is 352 g/mol. The van der Waals surface area contributed by atoms with Gasteiger partial charge in [-0.1, -0.05) is 35.9 Å². The van der Waals surface area contributed by atoms with E-state index in [0.717, 1.165) is 5.56 Å². The van der Waals surface area contributed by atoms with Gasteiger partial charge in [0.2, 0.25) is 0 Å². The number of urea groups is 1. The molecule has 2 aromatic rings. The Bertz CT molecular complexity index is 909. The Balaban J connectivity index is 2.14. The highest BCUT2D eigenvalue weighted by atomic mass is 35.5. The zero-order valence-corrected chi connectivity index (χ0v) is 14.1. The van der Waals surface area contributed by atoms with Crippen molar-refractivity contribution >= 4 is 29.1 Å². The van der Waals surface area contributed by atoms with E-state index in [4.69, 9.17) is 16.9 Å². The maximum absolute atomic E-state index is 12.3. The van der Waals surface area contributed by atoms with E-state index in [0.29, 0.717) is 27.4 Å². The second kappa shape index (κ2) is 6.80. The van der Waals surface area contributed by atoms with Crippen LogP contribution in [0.25, 0.3) is 5.70 Å². The Morgan fingerprint density at radius 1 is 1.12 bits per heavy atom. The fraction of sp³-hybridized carbons (Fsp3) is 0.105. The molecule has 6 heteroatoms. The molecule has 0 radical (unpaired) electrons. The van der Waals surface area contributed by atoms with Crippen molar-refractivity contribution < 1.29 is 9.59 Å². The molecule has 5 nitrogen and oxygen atoms in total. The second-order valence-corrected chi connectivity index (χ2v) is 6.05. The number of nitrogens with one attached hydrogen (secondary N) is 2. The zero-order valence-electron chi connectivity index (χ0n) is 13.3. The third-order valence-electron chi connectivity index (χ3n) is 3.96. The third kappa shape index (κ3) is 3.39. The van der Waals surface area contributed by atoms with Gasteiger partial charge in [-0.05, 0) is 42.3 Å². The molecule has 0 aromatic heterocycles. The molecule has 0 saturated carbocycles. The second-order valence-electron chi connectivity index (χ2n) is 5.62. The molecule has 3 rings (SSSR count). The van der Waals surface area contributed by atoms with Gasteiger partial charge in [0, 0.05) is 10.6 Å². The molecule has 0 unspecified atom stereocenters. The van der Waals surface area contributed by atoms with Crippen LogP contribution in [0.1, 0.15) is 29.7 Å². The van der Waals surface area contributed by atoms with Crippen molar-refractivity contribution in [1.29, 1.82) is 5.26 Å². The minimum Gasteiger partial charge on any atom is -0.327 e. The molecule has 1 atom stereocenters. The molecule has 2 N–H and O–H groups in total. The summed E-state index contributed by atoms with van der Waals surface area (Å²) in [5.41, 5.74) is 2.85. The Labute approximate surface area is 149 Å².